The van der Waals surface area contributed by atoms with Crippen molar-refractivity contribution >= 4 is 40.7 Å². The minimum atomic E-state index is -0.199. The molecule has 1 aliphatic rings. The smallest absolute Gasteiger partial charge is 0.242 e. The Morgan fingerprint density at radius 2 is 1.96 bits per heavy atom. The average Bonchev–Trinajstić information content (AvgIpc) is 2.95. The van der Waals surface area contributed by atoms with Crippen LogP contribution in [-0.2, 0) is 11.2 Å². The number of amidine groups is 1. The van der Waals surface area contributed by atoms with Gasteiger partial charge in [0.15, 0.2) is 5.17 Å². The predicted octanol–water partition coefficient (Wildman–Crippen LogP) is 4.71. The first kappa shape index (κ1) is 19.4. The molecule has 0 unspecified atom stereocenters. The van der Waals surface area contributed by atoms with Gasteiger partial charge in [0.2, 0.25) is 5.91 Å². The zero-order valence-corrected chi connectivity index (χ0v) is 16.6. The topological polar surface area (TPSA) is 45.0 Å². The molecule has 138 valence electrons. The third kappa shape index (κ3) is 4.87. The SMILES string of the molecule is C=CCN1C(=O)[C@H](Cc2ccccc2C)S/C1=N/N=C\c1ccc(Cl)cc1. The largest absolute Gasteiger partial charge is 0.285 e. The van der Waals surface area contributed by atoms with Gasteiger partial charge in [-0.2, -0.15) is 5.10 Å². The molecular weight excluding hydrogens is 378 g/mol. The molecule has 1 heterocycles. The summed E-state index contributed by atoms with van der Waals surface area (Å²) in [6.45, 7) is 6.23. The van der Waals surface area contributed by atoms with E-state index in [-0.39, 0.29) is 11.2 Å². The van der Waals surface area contributed by atoms with Crippen LogP contribution in [0.4, 0.5) is 0 Å². The fourth-order valence-corrected chi connectivity index (χ4v) is 4.00. The van der Waals surface area contributed by atoms with Crippen LogP contribution in [0.15, 0.2) is 71.4 Å². The van der Waals surface area contributed by atoms with Crippen LogP contribution < -0.4 is 0 Å². The lowest BCUT2D eigenvalue weighted by Crippen LogP contribution is -2.32. The van der Waals surface area contributed by atoms with Crippen LogP contribution in [0.25, 0.3) is 0 Å². The first-order valence-corrected chi connectivity index (χ1v) is 9.84. The van der Waals surface area contributed by atoms with Gasteiger partial charge in [-0.3, -0.25) is 9.69 Å². The Kier molecular flexibility index (Phi) is 6.48. The van der Waals surface area contributed by atoms with Crippen LogP contribution in [0.3, 0.4) is 0 Å². The highest BCUT2D eigenvalue weighted by Crippen LogP contribution is 2.30. The van der Waals surface area contributed by atoms with E-state index in [2.05, 4.69) is 35.8 Å². The molecule has 0 saturated carbocycles. The van der Waals surface area contributed by atoms with Gasteiger partial charge in [-0.05, 0) is 42.2 Å². The molecule has 1 saturated heterocycles. The van der Waals surface area contributed by atoms with E-state index in [9.17, 15) is 4.79 Å². The molecule has 1 aliphatic heterocycles. The van der Waals surface area contributed by atoms with Gasteiger partial charge in [0.25, 0.3) is 0 Å². The molecule has 1 atom stereocenters. The molecule has 0 aromatic heterocycles. The van der Waals surface area contributed by atoms with E-state index in [1.807, 2.05) is 24.3 Å². The number of carbonyl (C=O) groups is 1. The Morgan fingerprint density at radius 3 is 2.67 bits per heavy atom. The first-order chi connectivity index (χ1) is 13.1. The zero-order valence-electron chi connectivity index (χ0n) is 15.0. The third-order valence-electron chi connectivity index (χ3n) is 4.22. The van der Waals surface area contributed by atoms with Crippen LogP contribution in [-0.4, -0.2) is 34.0 Å². The van der Waals surface area contributed by atoms with Crippen molar-refractivity contribution in [1.82, 2.24) is 4.90 Å². The number of aryl methyl sites for hydroxylation is 1. The minimum Gasteiger partial charge on any atom is -0.285 e. The molecule has 1 amide bonds. The number of hydrogen-bond acceptors (Lipinski definition) is 4. The molecule has 0 radical (unpaired) electrons. The monoisotopic (exact) mass is 397 g/mol. The quantitative estimate of drug-likeness (QED) is 0.402. The highest BCUT2D eigenvalue weighted by molar-refractivity contribution is 8.15. The van der Waals surface area contributed by atoms with E-state index in [1.54, 1.807) is 29.3 Å². The number of rotatable bonds is 6. The third-order valence-corrected chi connectivity index (χ3v) is 5.64. The maximum atomic E-state index is 12.8. The van der Waals surface area contributed by atoms with Gasteiger partial charge in [0.05, 0.1) is 11.5 Å². The lowest BCUT2D eigenvalue weighted by Gasteiger charge is -2.13. The molecule has 0 bridgehead atoms. The highest BCUT2D eigenvalue weighted by atomic mass is 35.5. The van der Waals surface area contributed by atoms with E-state index in [0.29, 0.717) is 23.2 Å². The fourth-order valence-electron chi connectivity index (χ4n) is 2.75. The Morgan fingerprint density at radius 1 is 1.22 bits per heavy atom. The Bertz CT molecular complexity index is 893. The van der Waals surface area contributed by atoms with Crippen LogP contribution in [0.1, 0.15) is 16.7 Å². The number of benzene rings is 2. The molecule has 2 aromatic rings. The number of carbonyl (C=O) groups excluding carboxylic acids is 1. The summed E-state index contributed by atoms with van der Waals surface area (Å²) in [6.07, 6.45) is 4.02. The summed E-state index contributed by atoms with van der Waals surface area (Å²) in [7, 11) is 0. The second kappa shape index (κ2) is 9.02. The summed E-state index contributed by atoms with van der Waals surface area (Å²) in [5.74, 6) is 0.0450. The summed E-state index contributed by atoms with van der Waals surface area (Å²) in [5, 5.41) is 9.50. The number of thioether (sulfide) groups is 1. The van der Waals surface area contributed by atoms with Crippen molar-refractivity contribution in [2.45, 2.75) is 18.6 Å². The first-order valence-electron chi connectivity index (χ1n) is 8.58. The van der Waals surface area contributed by atoms with Crippen molar-refractivity contribution < 1.29 is 4.79 Å². The maximum Gasteiger partial charge on any atom is 0.242 e. The molecule has 1 fully saturated rings. The lowest BCUT2D eigenvalue weighted by atomic mass is 10.0. The van der Waals surface area contributed by atoms with Crippen LogP contribution in [0.2, 0.25) is 5.02 Å². The number of halogens is 1. The Balaban J connectivity index is 1.77. The second-order valence-corrected chi connectivity index (χ2v) is 7.76. The summed E-state index contributed by atoms with van der Waals surface area (Å²) < 4.78 is 0. The summed E-state index contributed by atoms with van der Waals surface area (Å²) in [4.78, 5) is 14.4. The molecule has 0 spiro atoms. The van der Waals surface area contributed by atoms with E-state index in [1.165, 1.54) is 22.9 Å². The van der Waals surface area contributed by atoms with Crippen molar-refractivity contribution in [2.24, 2.45) is 10.2 Å². The molecule has 0 N–H and O–H groups in total. The normalized spacial score (nSPS) is 18.6. The van der Waals surface area contributed by atoms with Crippen molar-refractivity contribution in [3.63, 3.8) is 0 Å². The van der Waals surface area contributed by atoms with Gasteiger partial charge in [0.1, 0.15) is 0 Å². The summed E-state index contributed by atoms with van der Waals surface area (Å²) in [5.41, 5.74) is 3.25. The summed E-state index contributed by atoms with van der Waals surface area (Å²) >= 11 is 7.34. The fraction of sp³-hybridized carbons (Fsp3) is 0.190. The minimum absolute atomic E-state index is 0.0450. The molecule has 27 heavy (non-hydrogen) atoms. The van der Waals surface area contributed by atoms with Gasteiger partial charge in [-0.1, -0.05) is 65.8 Å². The van der Waals surface area contributed by atoms with Crippen molar-refractivity contribution in [3.05, 3.63) is 82.9 Å². The molecule has 3 rings (SSSR count). The van der Waals surface area contributed by atoms with E-state index < -0.39 is 0 Å². The van der Waals surface area contributed by atoms with Gasteiger partial charge >= 0.3 is 0 Å². The average molecular weight is 398 g/mol. The number of amides is 1. The molecule has 6 heteroatoms. The predicted molar refractivity (Wildman–Crippen MR) is 115 cm³/mol. The highest BCUT2D eigenvalue weighted by Gasteiger charge is 2.37. The van der Waals surface area contributed by atoms with Crippen molar-refractivity contribution in [3.8, 4) is 0 Å². The molecule has 0 aliphatic carbocycles. The Labute approximate surface area is 168 Å². The van der Waals surface area contributed by atoms with Crippen LogP contribution in [0, 0.1) is 6.92 Å². The van der Waals surface area contributed by atoms with Crippen LogP contribution in [0.5, 0.6) is 0 Å². The maximum absolute atomic E-state index is 12.8. The lowest BCUT2D eigenvalue weighted by molar-refractivity contribution is -0.125. The second-order valence-electron chi connectivity index (χ2n) is 6.15. The van der Waals surface area contributed by atoms with Crippen LogP contribution >= 0.6 is 23.4 Å². The van der Waals surface area contributed by atoms with E-state index >= 15 is 0 Å². The number of hydrogen-bond donors (Lipinski definition) is 0. The molecule has 4 nitrogen and oxygen atoms in total. The standard InChI is InChI=1S/C21H20ClN3OS/c1-3-12-25-20(26)19(13-17-7-5-4-6-15(17)2)27-21(25)24-23-14-16-8-10-18(22)11-9-16/h3-11,14,19H,1,12-13H2,2H3/b23-14-,24-21+/t19-/m0/s1. The van der Waals surface area contributed by atoms with E-state index in [0.717, 1.165) is 5.56 Å². The molecular formula is C21H20ClN3OS. The van der Waals surface area contributed by atoms with Gasteiger partial charge < -0.3 is 0 Å². The van der Waals surface area contributed by atoms with Crippen molar-refractivity contribution in [2.75, 3.05) is 6.54 Å². The van der Waals surface area contributed by atoms with Gasteiger partial charge in [0, 0.05) is 11.6 Å². The van der Waals surface area contributed by atoms with E-state index in [4.69, 9.17) is 11.6 Å². The summed E-state index contributed by atoms with van der Waals surface area (Å²) in [6, 6.07) is 15.5. The zero-order chi connectivity index (χ0) is 19.2. The Hall–Kier alpha value is -2.37. The van der Waals surface area contributed by atoms with Gasteiger partial charge in [-0.25, -0.2) is 0 Å². The number of nitrogens with zero attached hydrogens (tertiary/aromatic N) is 3. The molecule has 2 aromatic carbocycles. The van der Waals surface area contributed by atoms with Gasteiger partial charge in [-0.15, -0.1) is 11.7 Å². The van der Waals surface area contributed by atoms with Crippen molar-refractivity contribution in [1.29, 1.82) is 0 Å².